The van der Waals surface area contributed by atoms with Gasteiger partial charge in [0.2, 0.25) is 17.6 Å². The molecule has 3 aliphatic heterocycles. The van der Waals surface area contributed by atoms with Crippen LogP contribution in [-0.2, 0) is 16.0 Å². The van der Waals surface area contributed by atoms with Gasteiger partial charge < -0.3 is 24.6 Å². The van der Waals surface area contributed by atoms with Gasteiger partial charge in [-0.2, -0.15) is 18.2 Å². The van der Waals surface area contributed by atoms with E-state index in [1.807, 2.05) is 0 Å². The number of ether oxygens (including phenoxy) is 1. The number of rotatable bonds is 2. The van der Waals surface area contributed by atoms with E-state index in [0.717, 1.165) is 6.07 Å². The highest BCUT2D eigenvalue weighted by atomic mass is 19.4. The van der Waals surface area contributed by atoms with Crippen LogP contribution in [0.2, 0.25) is 0 Å². The molecule has 0 saturated carbocycles. The van der Waals surface area contributed by atoms with E-state index in [9.17, 15) is 27.9 Å². The van der Waals surface area contributed by atoms with Gasteiger partial charge in [-0.1, -0.05) is 19.0 Å². The van der Waals surface area contributed by atoms with Gasteiger partial charge in [0.05, 0.1) is 24.3 Å². The number of imide groups is 1. The van der Waals surface area contributed by atoms with Crippen molar-refractivity contribution in [2.24, 2.45) is 11.3 Å². The summed E-state index contributed by atoms with van der Waals surface area (Å²) in [6, 6.07) is 0.296. The van der Waals surface area contributed by atoms with Crippen molar-refractivity contribution in [3.05, 3.63) is 29.4 Å². The Balaban J connectivity index is 1.73. The van der Waals surface area contributed by atoms with E-state index in [1.54, 1.807) is 13.8 Å². The van der Waals surface area contributed by atoms with Crippen molar-refractivity contribution >= 4 is 17.6 Å². The molecule has 194 valence electrons. The first-order valence-electron chi connectivity index (χ1n) is 11.2. The fourth-order valence-corrected chi connectivity index (χ4v) is 5.42. The van der Waals surface area contributed by atoms with Gasteiger partial charge in [0.15, 0.2) is 6.10 Å². The van der Waals surface area contributed by atoms with Crippen LogP contribution in [0.5, 0.6) is 0 Å². The maximum absolute atomic E-state index is 15.3. The number of carbonyl (C=O) groups excluding carboxylic acids is 2. The van der Waals surface area contributed by atoms with Crippen LogP contribution >= 0.6 is 0 Å². The zero-order chi connectivity index (χ0) is 26.2. The highest BCUT2D eigenvalue weighted by Gasteiger charge is 2.65. The predicted octanol–water partition coefficient (Wildman–Crippen LogP) is 2.05. The van der Waals surface area contributed by atoms with Gasteiger partial charge in [0, 0.05) is 12.6 Å². The molecule has 10 nitrogen and oxygen atoms in total. The summed E-state index contributed by atoms with van der Waals surface area (Å²) >= 11 is 0. The maximum Gasteiger partial charge on any atom is 0.416 e. The van der Waals surface area contributed by atoms with Gasteiger partial charge in [-0.15, -0.1) is 0 Å². The molecule has 2 saturated heterocycles. The molecule has 5 atom stereocenters. The van der Waals surface area contributed by atoms with Crippen LogP contribution in [0, 0.1) is 24.1 Å². The van der Waals surface area contributed by atoms with E-state index in [2.05, 4.69) is 20.8 Å². The zero-order valence-corrected chi connectivity index (χ0v) is 19.4. The van der Waals surface area contributed by atoms with Gasteiger partial charge in [0.1, 0.15) is 17.5 Å². The number of aryl methyl sites for hydroxylation is 1. The number of benzene rings is 1. The lowest BCUT2D eigenvalue weighted by atomic mass is 9.64. The molecule has 4 heterocycles. The topological polar surface area (TPSA) is 130 Å². The Morgan fingerprint density at radius 1 is 1.28 bits per heavy atom. The number of nitrogens with zero attached hydrogens (tertiary/aromatic N) is 3. The highest BCUT2D eigenvalue weighted by molar-refractivity contribution is 6.02. The third-order valence-corrected chi connectivity index (χ3v) is 7.02. The number of halogens is 4. The van der Waals surface area contributed by atoms with E-state index in [-0.39, 0.29) is 35.0 Å². The van der Waals surface area contributed by atoms with Gasteiger partial charge in [-0.3, -0.25) is 10.1 Å². The fourth-order valence-electron chi connectivity index (χ4n) is 5.42. The molecule has 0 bridgehead atoms. The standard InChI is InChI=1S/C22H23F4N5O5/c1-8(2)15-16-21(18(32)28-20(34)29-19(21)33)6-10-4-11(17-27-9(3)36-30-17)12(23)5-13(10)31(16)7-14(35-15)22(24,25)26/h4-5,8,14-16,18,32H,6-7H2,1-3H3,(H2,28,29,33,34)/t14-,15?,16+,18?,21+/m0/s1. The molecule has 0 aliphatic carbocycles. The lowest BCUT2D eigenvalue weighted by molar-refractivity contribution is -0.253. The van der Waals surface area contributed by atoms with Crippen LogP contribution < -0.4 is 15.5 Å². The number of urea groups is 1. The van der Waals surface area contributed by atoms with Crippen LogP contribution in [0.1, 0.15) is 25.3 Å². The average molecular weight is 513 g/mol. The first-order chi connectivity index (χ1) is 16.8. The number of hydrogen-bond donors (Lipinski definition) is 3. The molecule has 2 aromatic rings. The second kappa shape index (κ2) is 8.13. The minimum absolute atomic E-state index is 0.0823. The Labute approximate surface area is 202 Å². The smallest absolute Gasteiger partial charge is 0.372 e. The summed E-state index contributed by atoms with van der Waals surface area (Å²) in [4.78, 5) is 30.6. The van der Waals surface area contributed by atoms with E-state index in [1.165, 1.54) is 17.9 Å². The molecular formula is C22H23F4N5O5. The number of amides is 3. The molecule has 3 amide bonds. The Kier molecular flexibility index (Phi) is 5.52. The molecule has 1 aromatic heterocycles. The molecule has 1 aromatic carbocycles. The predicted molar refractivity (Wildman–Crippen MR) is 114 cm³/mol. The number of morpholine rings is 1. The van der Waals surface area contributed by atoms with Crippen molar-refractivity contribution in [2.75, 3.05) is 11.4 Å². The number of aliphatic hydroxyl groups excluding tert-OH is 1. The molecule has 1 spiro atoms. The van der Waals surface area contributed by atoms with E-state index < -0.39 is 66.3 Å². The minimum atomic E-state index is -4.74. The summed E-state index contributed by atoms with van der Waals surface area (Å²) in [5.41, 5.74) is -1.54. The van der Waals surface area contributed by atoms with E-state index in [4.69, 9.17) is 9.26 Å². The van der Waals surface area contributed by atoms with Crippen LogP contribution in [0.15, 0.2) is 16.7 Å². The third kappa shape index (κ3) is 3.61. The van der Waals surface area contributed by atoms with Gasteiger partial charge >= 0.3 is 12.2 Å². The minimum Gasteiger partial charge on any atom is -0.372 e. The second-order valence-corrected chi connectivity index (χ2v) is 9.62. The Morgan fingerprint density at radius 2 is 2.00 bits per heavy atom. The summed E-state index contributed by atoms with van der Waals surface area (Å²) in [6.45, 7) is 4.01. The number of nitrogens with one attached hydrogen (secondary N) is 2. The summed E-state index contributed by atoms with van der Waals surface area (Å²) in [5.74, 6) is -2.13. The van der Waals surface area contributed by atoms with Crippen molar-refractivity contribution in [3.63, 3.8) is 0 Å². The monoisotopic (exact) mass is 513 g/mol. The number of fused-ring (bicyclic) bond motifs is 4. The third-order valence-electron chi connectivity index (χ3n) is 7.02. The van der Waals surface area contributed by atoms with Crippen LogP contribution in [0.25, 0.3) is 11.4 Å². The number of hydrogen-bond acceptors (Lipinski definition) is 8. The van der Waals surface area contributed by atoms with Gasteiger partial charge in [0.25, 0.3) is 0 Å². The summed E-state index contributed by atoms with van der Waals surface area (Å²) in [5, 5.41) is 19.1. The molecule has 0 radical (unpaired) electrons. The SMILES string of the molecule is Cc1nc(-c2cc3c(cc2F)N2C[C@@H](C(F)(F)F)OC(C(C)C)[C@@H]2[C@@]2(C3)C(=O)NC(=O)NC2O)no1. The summed E-state index contributed by atoms with van der Waals surface area (Å²) in [6.07, 6.45) is -10.2. The Morgan fingerprint density at radius 3 is 2.58 bits per heavy atom. The molecule has 3 N–H and O–H groups in total. The first kappa shape index (κ1) is 24.4. The zero-order valence-electron chi connectivity index (χ0n) is 19.4. The van der Waals surface area contributed by atoms with Crippen LogP contribution in [0.3, 0.4) is 0 Å². The van der Waals surface area contributed by atoms with Crippen LogP contribution in [-0.4, -0.2) is 64.4 Å². The van der Waals surface area contributed by atoms with Crippen LogP contribution in [0.4, 0.5) is 28.0 Å². The van der Waals surface area contributed by atoms with Crippen molar-refractivity contribution in [1.29, 1.82) is 0 Å². The van der Waals surface area contributed by atoms with E-state index >= 15 is 4.39 Å². The number of aromatic nitrogens is 2. The first-order valence-corrected chi connectivity index (χ1v) is 11.2. The van der Waals surface area contributed by atoms with Crippen molar-refractivity contribution in [1.82, 2.24) is 20.8 Å². The molecule has 36 heavy (non-hydrogen) atoms. The van der Waals surface area contributed by atoms with Crippen molar-refractivity contribution in [2.45, 2.75) is 57.8 Å². The highest BCUT2D eigenvalue weighted by Crippen LogP contribution is 2.51. The van der Waals surface area contributed by atoms with Crippen molar-refractivity contribution in [3.8, 4) is 11.4 Å². The Hall–Kier alpha value is -3.26. The summed E-state index contributed by atoms with van der Waals surface area (Å²) in [7, 11) is 0. The number of aliphatic hydroxyl groups is 1. The summed E-state index contributed by atoms with van der Waals surface area (Å²) < 4.78 is 67.3. The van der Waals surface area contributed by atoms with Gasteiger partial charge in [-0.25, -0.2) is 9.18 Å². The number of carbonyl (C=O) groups is 2. The molecule has 14 heteroatoms. The molecule has 2 fully saturated rings. The second-order valence-electron chi connectivity index (χ2n) is 9.62. The fraction of sp³-hybridized carbons (Fsp3) is 0.545. The average Bonchev–Trinajstić information content (AvgIpc) is 3.21. The molecular weight excluding hydrogens is 490 g/mol. The number of alkyl halides is 3. The lowest BCUT2D eigenvalue weighted by Crippen LogP contribution is -2.78. The largest absolute Gasteiger partial charge is 0.416 e. The normalized spacial score (nSPS) is 30.2. The lowest BCUT2D eigenvalue weighted by Gasteiger charge is -2.59. The number of anilines is 1. The Bertz CT molecular complexity index is 1230. The molecule has 3 aliphatic rings. The van der Waals surface area contributed by atoms with Gasteiger partial charge in [-0.05, 0) is 30.0 Å². The maximum atomic E-state index is 15.3. The van der Waals surface area contributed by atoms with E-state index in [0.29, 0.717) is 0 Å². The quantitative estimate of drug-likeness (QED) is 0.521. The molecule has 5 rings (SSSR count). The van der Waals surface area contributed by atoms with Crippen molar-refractivity contribution < 1.29 is 41.5 Å². The molecule has 2 unspecified atom stereocenters.